The number of hydrogen-bond acceptors (Lipinski definition) is 6. The first-order valence-electron chi connectivity index (χ1n) is 6.08. The van der Waals surface area contributed by atoms with Crippen molar-refractivity contribution in [3.63, 3.8) is 0 Å². The number of nitrogens with one attached hydrogen (secondary N) is 1. The van der Waals surface area contributed by atoms with Crippen molar-refractivity contribution in [3.8, 4) is 0 Å². The minimum atomic E-state index is -0.665. The third-order valence-corrected chi connectivity index (χ3v) is 2.95. The molecule has 1 heterocycles. The van der Waals surface area contributed by atoms with Gasteiger partial charge in [-0.3, -0.25) is 25.2 Å². The first-order chi connectivity index (χ1) is 9.99. The molecule has 2 aromatic rings. The average Bonchev–Trinajstić information content (AvgIpc) is 2.48. The Bertz CT molecular complexity index is 675. The summed E-state index contributed by atoms with van der Waals surface area (Å²) in [4.78, 5) is 24.4. The third kappa shape index (κ3) is 3.30. The number of benzene rings is 1. The number of non-ortho nitro benzene ring substituents is 1. The quantitative estimate of drug-likeness (QED) is 0.668. The molecule has 21 heavy (non-hydrogen) atoms. The van der Waals surface area contributed by atoms with E-state index in [0.717, 1.165) is 11.6 Å². The summed E-state index contributed by atoms with van der Waals surface area (Å²) in [5, 5.41) is 24.7. The smallest absolute Gasteiger partial charge is 0.299 e. The molecule has 8 nitrogen and oxygen atoms in total. The summed E-state index contributed by atoms with van der Waals surface area (Å²) in [7, 11) is 0. The Morgan fingerprint density at radius 2 is 1.95 bits per heavy atom. The lowest BCUT2D eigenvalue weighted by Gasteiger charge is -2.15. The zero-order valence-corrected chi connectivity index (χ0v) is 11.1. The predicted octanol–water partition coefficient (Wildman–Crippen LogP) is 3.07. The highest BCUT2D eigenvalue weighted by molar-refractivity contribution is 5.65. The van der Waals surface area contributed by atoms with Crippen molar-refractivity contribution in [1.29, 1.82) is 0 Å². The van der Waals surface area contributed by atoms with E-state index < -0.39 is 9.85 Å². The topological polar surface area (TPSA) is 111 Å². The highest BCUT2D eigenvalue weighted by atomic mass is 16.6. The molecular weight excluding hydrogens is 276 g/mol. The molecule has 8 heteroatoms. The van der Waals surface area contributed by atoms with Crippen LogP contribution in [0.3, 0.4) is 0 Å². The molecule has 0 radical (unpaired) electrons. The molecule has 0 bridgehead atoms. The molecule has 0 aliphatic heterocycles. The van der Waals surface area contributed by atoms with Crippen LogP contribution in [0.1, 0.15) is 18.5 Å². The van der Waals surface area contributed by atoms with Crippen LogP contribution in [0.15, 0.2) is 42.7 Å². The van der Waals surface area contributed by atoms with Gasteiger partial charge in [-0.25, -0.2) is 0 Å². The van der Waals surface area contributed by atoms with Gasteiger partial charge in [0.1, 0.15) is 5.69 Å². The summed E-state index contributed by atoms with van der Waals surface area (Å²) in [5.74, 6) is 0. The monoisotopic (exact) mass is 288 g/mol. The fraction of sp³-hybridized carbons (Fsp3) is 0.154. The van der Waals surface area contributed by atoms with Gasteiger partial charge in [-0.15, -0.1) is 0 Å². The molecule has 0 spiro atoms. The Labute approximate surface area is 119 Å². The summed E-state index contributed by atoms with van der Waals surface area (Å²) < 4.78 is 0. The van der Waals surface area contributed by atoms with Gasteiger partial charge in [-0.2, -0.15) is 0 Å². The Kier molecular flexibility index (Phi) is 4.07. The first-order valence-corrected chi connectivity index (χ1v) is 6.08. The lowest BCUT2D eigenvalue weighted by Crippen LogP contribution is -2.08. The van der Waals surface area contributed by atoms with Crippen LogP contribution in [0, 0.1) is 20.2 Å². The van der Waals surface area contributed by atoms with Crippen molar-refractivity contribution < 1.29 is 9.85 Å². The molecule has 0 aliphatic carbocycles. The van der Waals surface area contributed by atoms with E-state index in [4.69, 9.17) is 0 Å². The van der Waals surface area contributed by atoms with Crippen LogP contribution in [0.2, 0.25) is 0 Å². The fourth-order valence-corrected chi connectivity index (χ4v) is 1.86. The number of nitrogens with zero attached hydrogens (tertiary/aromatic N) is 3. The molecule has 108 valence electrons. The molecule has 0 unspecified atom stereocenters. The average molecular weight is 288 g/mol. The van der Waals surface area contributed by atoms with Crippen molar-refractivity contribution >= 4 is 17.1 Å². The number of hydrogen-bond donors (Lipinski definition) is 1. The second-order valence-electron chi connectivity index (χ2n) is 4.37. The van der Waals surface area contributed by atoms with Gasteiger partial charge in [-0.1, -0.05) is 6.07 Å². The highest BCUT2D eigenvalue weighted by Crippen LogP contribution is 2.31. The molecule has 2 rings (SSSR count). The largest absolute Gasteiger partial charge is 0.373 e. The van der Waals surface area contributed by atoms with Crippen molar-refractivity contribution in [1.82, 2.24) is 4.98 Å². The molecule has 0 amide bonds. The van der Waals surface area contributed by atoms with Gasteiger partial charge >= 0.3 is 0 Å². The molecular formula is C13H12N4O4. The molecule has 0 fully saturated rings. The van der Waals surface area contributed by atoms with Gasteiger partial charge in [0.05, 0.1) is 22.0 Å². The van der Waals surface area contributed by atoms with Crippen molar-refractivity contribution in [3.05, 3.63) is 68.5 Å². The van der Waals surface area contributed by atoms with Crippen molar-refractivity contribution in [2.75, 3.05) is 5.32 Å². The molecule has 0 aliphatic rings. The molecule has 0 saturated heterocycles. The van der Waals surface area contributed by atoms with Crippen LogP contribution in [0.25, 0.3) is 0 Å². The van der Waals surface area contributed by atoms with Crippen molar-refractivity contribution in [2.24, 2.45) is 0 Å². The van der Waals surface area contributed by atoms with Gasteiger partial charge in [-0.05, 0) is 24.6 Å². The number of pyridine rings is 1. The second kappa shape index (κ2) is 5.95. The van der Waals surface area contributed by atoms with Gasteiger partial charge in [0, 0.05) is 18.5 Å². The van der Waals surface area contributed by atoms with E-state index in [-0.39, 0.29) is 23.1 Å². The summed E-state index contributed by atoms with van der Waals surface area (Å²) in [5.41, 5.74) is 0.424. The minimum Gasteiger partial charge on any atom is -0.373 e. The number of anilines is 1. The molecule has 1 aromatic carbocycles. The maximum Gasteiger partial charge on any atom is 0.299 e. The molecule has 1 atom stereocenters. The molecule has 1 N–H and O–H groups in total. The Balaban J connectivity index is 2.31. The summed E-state index contributed by atoms with van der Waals surface area (Å²) in [6, 6.07) is 6.88. The lowest BCUT2D eigenvalue weighted by atomic mass is 10.1. The summed E-state index contributed by atoms with van der Waals surface area (Å²) in [6.45, 7) is 1.82. The number of nitro groups is 2. The second-order valence-corrected chi connectivity index (χ2v) is 4.37. The van der Waals surface area contributed by atoms with E-state index in [9.17, 15) is 20.2 Å². The summed E-state index contributed by atoms with van der Waals surface area (Å²) >= 11 is 0. The van der Waals surface area contributed by atoms with E-state index in [0.29, 0.717) is 0 Å². The van der Waals surface area contributed by atoms with Crippen LogP contribution in [-0.4, -0.2) is 14.8 Å². The number of aromatic nitrogens is 1. The maximum absolute atomic E-state index is 11.0. The molecule has 1 aromatic heterocycles. The van der Waals surface area contributed by atoms with Crippen molar-refractivity contribution in [2.45, 2.75) is 13.0 Å². The maximum atomic E-state index is 11.0. The SMILES string of the molecule is C[C@H](Nc1ccc([N+](=O)[O-])cc1[N+](=O)[O-])c1cccnc1. The van der Waals surface area contributed by atoms with Crippen LogP contribution >= 0.6 is 0 Å². The zero-order valence-electron chi connectivity index (χ0n) is 11.1. The standard InChI is InChI=1S/C13H12N4O4/c1-9(10-3-2-6-14-8-10)15-12-5-4-11(16(18)19)7-13(12)17(20)21/h2-9,15H,1H3/t9-/m0/s1. The number of rotatable bonds is 5. The Hall–Kier alpha value is -3.03. The fourth-order valence-electron chi connectivity index (χ4n) is 1.86. The normalized spacial score (nSPS) is 11.7. The zero-order chi connectivity index (χ0) is 15.4. The predicted molar refractivity (Wildman–Crippen MR) is 76.0 cm³/mol. The van der Waals surface area contributed by atoms with Crippen LogP contribution < -0.4 is 5.32 Å². The third-order valence-electron chi connectivity index (χ3n) is 2.95. The summed E-state index contributed by atoms with van der Waals surface area (Å²) in [6.07, 6.45) is 3.28. The lowest BCUT2D eigenvalue weighted by molar-refractivity contribution is -0.393. The van der Waals surface area contributed by atoms with E-state index in [2.05, 4.69) is 10.3 Å². The van der Waals surface area contributed by atoms with Gasteiger partial charge in [0.15, 0.2) is 0 Å². The van der Waals surface area contributed by atoms with Crippen LogP contribution in [-0.2, 0) is 0 Å². The van der Waals surface area contributed by atoms with Gasteiger partial charge in [0.25, 0.3) is 11.4 Å². The van der Waals surface area contributed by atoms with Gasteiger partial charge < -0.3 is 5.32 Å². The van der Waals surface area contributed by atoms with Crippen LogP contribution in [0.4, 0.5) is 17.1 Å². The highest BCUT2D eigenvalue weighted by Gasteiger charge is 2.20. The Morgan fingerprint density at radius 3 is 2.52 bits per heavy atom. The minimum absolute atomic E-state index is 0.223. The van der Waals surface area contributed by atoms with E-state index >= 15 is 0 Å². The van der Waals surface area contributed by atoms with E-state index in [1.807, 2.05) is 13.0 Å². The van der Waals surface area contributed by atoms with E-state index in [1.54, 1.807) is 18.5 Å². The van der Waals surface area contributed by atoms with Gasteiger partial charge in [0.2, 0.25) is 0 Å². The Morgan fingerprint density at radius 1 is 1.19 bits per heavy atom. The van der Waals surface area contributed by atoms with Crippen LogP contribution in [0.5, 0.6) is 0 Å². The number of nitro benzene ring substituents is 2. The molecule has 0 saturated carbocycles. The van der Waals surface area contributed by atoms with E-state index in [1.165, 1.54) is 12.1 Å². The first kappa shape index (κ1) is 14.4.